The summed E-state index contributed by atoms with van der Waals surface area (Å²) < 4.78 is 0. The highest BCUT2D eigenvalue weighted by molar-refractivity contribution is 5.81. The van der Waals surface area contributed by atoms with E-state index >= 15 is 0 Å². The average molecular weight is 194 g/mol. The Morgan fingerprint density at radius 2 is 2.14 bits per heavy atom. The minimum absolute atomic E-state index is 0.572. The van der Waals surface area contributed by atoms with Crippen LogP contribution in [0.2, 0.25) is 0 Å². The van der Waals surface area contributed by atoms with Gasteiger partial charge >= 0.3 is 5.97 Å². The largest absolute Gasteiger partial charge is 0.480 e. The molecule has 0 saturated heterocycles. The van der Waals surface area contributed by atoms with Crippen LogP contribution in [0.3, 0.4) is 0 Å². The molecule has 14 heavy (non-hydrogen) atoms. The maximum Gasteiger partial charge on any atom is 0.328 e. The van der Waals surface area contributed by atoms with Crippen LogP contribution in [0.5, 0.6) is 0 Å². The molecule has 0 aliphatic rings. The molecule has 0 spiro atoms. The number of pyridine rings is 1. The van der Waals surface area contributed by atoms with Crippen molar-refractivity contribution in [3.63, 3.8) is 0 Å². The van der Waals surface area contributed by atoms with Crippen molar-refractivity contribution < 1.29 is 9.90 Å². The number of nitrogens with zero attached hydrogens (tertiary/aromatic N) is 1. The van der Waals surface area contributed by atoms with Crippen LogP contribution in [0.25, 0.3) is 0 Å². The molecule has 0 aromatic carbocycles. The van der Waals surface area contributed by atoms with Gasteiger partial charge in [0.1, 0.15) is 11.4 Å². The van der Waals surface area contributed by atoms with Gasteiger partial charge in [-0.1, -0.05) is 6.07 Å². The maximum absolute atomic E-state index is 10.8. The monoisotopic (exact) mass is 194 g/mol. The molecule has 0 aliphatic carbocycles. The number of nitrogens with one attached hydrogen (secondary N) is 1. The Labute approximate surface area is 83.0 Å². The van der Waals surface area contributed by atoms with E-state index in [1.807, 2.05) is 13.0 Å². The van der Waals surface area contributed by atoms with E-state index in [1.165, 1.54) is 0 Å². The molecule has 4 heteroatoms. The summed E-state index contributed by atoms with van der Waals surface area (Å²) in [5.41, 5.74) is 0.0473. The fourth-order valence-electron chi connectivity index (χ4n) is 0.915. The first-order valence-corrected chi connectivity index (χ1v) is 4.36. The fourth-order valence-corrected chi connectivity index (χ4v) is 0.915. The van der Waals surface area contributed by atoms with Crippen LogP contribution in [0.15, 0.2) is 18.3 Å². The van der Waals surface area contributed by atoms with Crippen molar-refractivity contribution in [3.8, 4) is 0 Å². The highest BCUT2D eigenvalue weighted by Crippen LogP contribution is 2.12. The lowest BCUT2D eigenvalue weighted by atomic mass is 10.1. The van der Waals surface area contributed by atoms with Crippen molar-refractivity contribution in [2.24, 2.45) is 0 Å². The third kappa shape index (κ3) is 2.45. The second kappa shape index (κ2) is 3.65. The molecule has 0 bridgehead atoms. The Hall–Kier alpha value is -1.58. The molecule has 4 nitrogen and oxygen atoms in total. The lowest BCUT2D eigenvalue weighted by Crippen LogP contribution is -2.40. The predicted octanol–water partition coefficient (Wildman–Crippen LogP) is 1.67. The third-order valence-corrected chi connectivity index (χ3v) is 1.89. The van der Waals surface area contributed by atoms with Crippen molar-refractivity contribution in [1.29, 1.82) is 0 Å². The number of aryl methyl sites for hydroxylation is 1. The highest BCUT2D eigenvalue weighted by Gasteiger charge is 2.26. The van der Waals surface area contributed by atoms with Crippen LogP contribution in [0, 0.1) is 6.92 Å². The zero-order chi connectivity index (χ0) is 10.8. The third-order valence-electron chi connectivity index (χ3n) is 1.89. The number of aromatic nitrogens is 1. The van der Waals surface area contributed by atoms with E-state index in [4.69, 9.17) is 5.11 Å². The zero-order valence-electron chi connectivity index (χ0n) is 8.53. The molecular weight excluding hydrogens is 180 g/mol. The van der Waals surface area contributed by atoms with E-state index in [9.17, 15) is 4.79 Å². The number of carbonyl (C=O) groups is 1. The van der Waals surface area contributed by atoms with Gasteiger partial charge in [-0.25, -0.2) is 9.78 Å². The molecule has 1 aromatic heterocycles. The second-order valence-electron chi connectivity index (χ2n) is 3.78. The van der Waals surface area contributed by atoms with E-state index in [2.05, 4.69) is 10.3 Å². The van der Waals surface area contributed by atoms with Crippen LogP contribution in [0.4, 0.5) is 5.82 Å². The first-order valence-electron chi connectivity index (χ1n) is 4.36. The van der Waals surface area contributed by atoms with Crippen molar-refractivity contribution in [2.45, 2.75) is 26.3 Å². The minimum Gasteiger partial charge on any atom is -0.480 e. The molecule has 0 radical (unpaired) electrons. The fraction of sp³-hybridized carbons (Fsp3) is 0.400. The minimum atomic E-state index is -0.998. The summed E-state index contributed by atoms with van der Waals surface area (Å²) in [7, 11) is 0. The standard InChI is InChI=1S/C10H14N2O2/c1-7-4-5-8(11-6-7)12-10(2,3)9(13)14/h4-6H,1-3H3,(H,11,12)(H,13,14). The summed E-state index contributed by atoms with van der Waals surface area (Å²) in [6.07, 6.45) is 1.69. The van der Waals surface area contributed by atoms with Gasteiger partial charge < -0.3 is 10.4 Å². The van der Waals surface area contributed by atoms with Crippen LogP contribution < -0.4 is 5.32 Å². The van der Waals surface area contributed by atoms with Gasteiger partial charge in [0.2, 0.25) is 0 Å². The smallest absolute Gasteiger partial charge is 0.328 e. The molecule has 1 heterocycles. The number of rotatable bonds is 3. The van der Waals surface area contributed by atoms with E-state index in [0.717, 1.165) is 5.56 Å². The predicted molar refractivity (Wildman–Crippen MR) is 54.3 cm³/mol. The number of carboxylic acid groups (broad SMARTS) is 1. The second-order valence-corrected chi connectivity index (χ2v) is 3.78. The molecule has 1 aromatic rings. The summed E-state index contributed by atoms with van der Waals surface area (Å²) in [5.74, 6) is -0.331. The van der Waals surface area contributed by atoms with Crippen LogP contribution >= 0.6 is 0 Å². The maximum atomic E-state index is 10.8. The van der Waals surface area contributed by atoms with E-state index in [-0.39, 0.29) is 0 Å². The van der Waals surface area contributed by atoms with Crippen molar-refractivity contribution in [3.05, 3.63) is 23.9 Å². The molecule has 0 fully saturated rings. The molecule has 0 unspecified atom stereocenters. The van der Waals surface area contributed by atoms with Crippen LogP contribution in [-0.2, 0) is 4.79 Å². The summed E-state index contributed by atoms with van der Waals surface area (Å²) >= 11 is 0. The SMILES string of the molecule is Cc1ccc(NC(C)(C)C(=O)O)nc1. The van der Waals surface area contributed by atoms with Gasteiger partial charge in [0, 0.05) is 6.20 Å². The molecule has 0 saturated carbocycles. The van der Waals surface area contributed by atoms with Gasteiger partial charge in [0.05, 0.1) is 0 Å². The first kappa shape index (κ1) is 10.5. The number of aliphatic carboxylic acids is 1. The molecular formula is C10H14N2O2. The average Bonchev–Trinajstić information content (AvgIpc) is 2.08. The molecule has 1 rings (SSSR count). The Morgan fingerprint density at radius 1 is 1.50 bits per heavy atom. The van der Waals surface area contributed by atoms with Gasteiger partial charge in [0.15, 0.2) is 0 Å². The number of carboxylic acids is 1. The van der Waals surface area contributed by atoms with Gasteiger partial charge in [-0.3, -0.25) is 0 Å². The Balaban J connectivity index is 2.79. The van der Waals surface area contributed by atoms with Crippen molar-refractivity contribution in [2.75, 3.05) is 5.32 Å². The highest BCUT2D eigenvalue weighted by atomic mass is 16.4. The summed E-state index contributed by atoms with van der Waals surface area (Å²) in [6, 6.07) is 3.65. The lowest BCUT2D eigenvalue weighted by molar-refractivity contribution is -0.141. The van der Waals surface area contributed by atoms with E-state index in [1.54, 1.807) is 26.1 Å². The number of anilines is 1. The van der Waals surface area contributed by atoms with Crippen LogP contribution in [0.1, 0.15) is 19.4 Å². The summed E-state index contributed by atoms with van der Waals surface area (Å²) in [6.45, 7) is 5.12. The zero-order valence-corrected chi connectivity index (χ0v) is 8.53. The van der Waals surface area contributed by atoms with Crippen molar-refractivity contribution >= 4 is 11.8 Å². The molecule has 0 amide bonds. The molecule has 2 N–H and O–H groups in total. The molecule has 0 atom stereocenters. The van der Waals surface area contributed by atoms with Gasteiger partial charge in [-0.05, 0) is 32.4 Å². The summed E-state index contributed by atoms with van der Waals surface area (Å²) in [5, 5.41) is 11.7. The molecule has 76 valence electrons. The summed E-state index contributed by atoms with van der Waals surface area (Å²) in [4.78, 5) is 14.9. The Morgan fingerprint density at radius 3 is 2.57 bits per heavy atom. The quantitative estimate of drug-likeness (QED) is 0.768. The Bertz CT molecular complexity index is 330. The normalized spacial score (nSPS) is 11.1. The number of hydrogen-bond acceptors (Lipinski definition) is 3. The van der Waals surface area contributed by atoms with Crippen LogP contribution in [-0.4, -0.2) is 21.6 Å². The van der Waals surface area contributed by atoms with Gasteiger partial charge in [-0.2, -0.15) is 0 Å². The Kier molecular flexibility index (Phi) is 2.74. The lowest BCUT2D eigenvalue weighted by Gasteiger charge is -2.21. The van der Waals surface area contributed by atoms with E-state index < -0.39 is 11.5 Å². The van der Waals surface area contributed by atoms with Crippen molar-refractivity contribution in [1.82, 2.24) is 4.98 Å². The van der Waals surface area contributed by atoms with Gasteiger partial charge in [-0.15, -0.1) is 0 Å². The van der Waals surface area contributed by atoms with Gasteiger partial charge in [0.25, 0.3) is 0 Å². The first-order chi connectivity index (χ1) is 6.42. The topological polar surface area (TPSA) is 62.2 Å². The van der Waals surface area contributed by atoms with E-state index in [0.29, 0.717) is 5.82 Å². The molecule has 0 aliphatic heterocycles. The number of hydrogen-bond donors (Lipinski definition) is 2.